The third-order valence-corrected chi connectivity index (χ3v) is 2.86. The third-order valence-electron chi connectivity index (χ3n) is 2.08. The van der Waals surface area contributed by atoms with Crippen molar-refractivity contribution in [1.29, 1.82) is 5.26 Å². The minimum Gasteiger partial charge on any atom is -0.316 e. The Morgan fingerprint density at radius 3 is 2.93 bits per heavy atom. The molecule has 1 fully saturated rings. The fourth-order valence-electron chi connectivity index (χ4n) is 1.29. The van der Waals surface area contributed by atoms with Crippen LogP contribution in [-0.2, 0) is 4.79 Å². The van der Waals surface area contributed by atoms with Gasteiger partial charge in [0.1, 0.15) is 16.6 Å². The Kier molecular flexibility index (Phi) is 2.22. The van der Waals surface area contributed by atoms with Crippen LogP contribution in [-0.4, -0.2) is 10.3 Å². The Balaban J connectivity index is 2.32. The molecule has 1 aromatic rings. The molecule has 0 unspecified atom stereocenters. The Labute approximate surface area is 85.7 Å². The van der Waals surface area contributed by atoms with Crippen molar-refractivity contribution in [2.75, 3.05) is 5.32 Å². The van der Waals surface area contributed by atoms with Gasteiger partial charge in [0.2, 0.25) is 5.91 Å². The van der Waals surface area contributed by atoms with Gasteiger partial charge in [-0.05, 0) is 24.4 Å². The second-order valence-electron chi connectivity index (χ2n) is 3.34. The summed E-state index contributed by atoms with van der Waals surface area (Å²) >= 11 is 1.19. The van der Waals surface area contributed by atoms with Gasteiger partial charge in [0.25, 0.3) is 0 Å². The Morgan fingerprint density at radius 1 is 1.71 bits per heavy atom. The van der Waals surface area contributed by atoms with E-state index in [1.165, 1.54) is 18.5 Å². The molecule has 1 aliphatic rings. The van der Waals surface area contributed by atoms with Crippen LogP contribution in [0.15, 0.2) is 0 Å². The quantitative estimate of drug-likeness (QED) is 0.804. The molecule has 1 saturated carbocycles. The molecule has 1 amide bonds. The van der Waals surface area contributed by atoms with Gasteiger partial charge >= 0.3 is 0 Å². The fraction of sp³-hybridized carbons (Fsp3) is 0.444. The molecule has 4 nitrogen and oxygen atoms in total. The van der Waals surface area contributed by atoms with Crippen LogP contribution in [0.4, 0.5) is 5.00 Å². The first-order chi connectivity index (χ1) is 6.72. The van der Waals surface area contributed by atoms with Gasteiger partial charge in [0.05, 0.1) is 5.69 Å². The van der Waals surface area contributed by atoms with Crippen LogP contribution in [0.3, 0.4) is 0 Å². The minimum absolute atomic E-state index is 0.160. The maximum Gasteiger partial charge on any atom is 0.221 e. The molecule has 1 aromatic heterocycles. The molecule has 1 heterocycles. The standard InChI is InChI=1S/C9H9N3OS/c1-5(13)11-9-7(4-10)8(12-14-9)6-2-3-6/h6H,2-3H2,1H3,(H,11,13). The highest BCUT2D eigenvalue weighted by molar-refractivity contribution is 7.10. The van der Waals surface area contributed by atoms with E-state index in [4.69, 9.17) is 5.26 Å². The van der Waals surface area contributed by atoms with E-state index in [9.17, 15) is 4.79 Å². The van der Waals surface area contributed by atoms with Crippen molar-refractivity contribution in [2.45, 2.75) is 25.7 Å². The molecule has 0 saturated heterocycles. The molecule has 14 heavy (non-hydrogen) atoms. The van der Waals surface area contributed by atoms with Crippen LogP contribution >= 0.6 is 11.5 Å². The summed E-state index contributed by atoms with van der Waals surface area (Å²) in [6.45, 7) is 1.43. The number of amides is 1. The smallest absolute Gasteiger partial charge is 0.221 e. The van der Waals surface area contributed by atoms with E-state index >= 15 is 0 Å². The average Bonchev–Trinajstić information content (AvgIpc) is 2.88. The summed E-state index contributed by atoms with van der Waals surface area (Å²) in [5.41, 5.74) is 1.41. The van der Waals surface area contributed by atoms with Gasteiger partial charge in [-0.2, -0.15) is 9.64 Å². The van der Waals surface area contributed by atoms with Crippen LogP contribution in [0.1, 0.15) is 36.9 Å². The second kappa shape index (κ2) is 3.39. The molecule has 0 radical (unpaired) electrons. The maximum atomic E-state index is 10.8. The van der Waals surface area contributed by atoms with Gasteiger partial charge in [-0.3, -0.25) is 4.79 Å². The summed E-state index contributed by atoms with van der Waals surface area (Å²) in [4.78, 5) is 10.8. The highest BCUT2D eigenvalue weighted by atomic mass is 32.1. The molecule has 0 aliphatic heterocycles. The van der Waals surface area contributed by atoms with Crippen molar-refractivity contribution in [3.8, 4) is 6.07 Å². The molecular formula is C9H9N3OS. The third kappa shape index (κ3) is 1.61. The summed E-state index contributed by atoms with van der Waals surface area (Å²) < 4.78 is 4.21. The van der Waals surface area contributed by atoms with E-state index < -0.39 is 0 Å². The molecule has 0 spiro atoms. The van der Waals surface area contributed by atoms with Gasteiger partial charge in [0, 0.05) is 12.8 Å². The zero-order chi connectivity index (χ0) is 10.1. The van der Waals surface area contributed by atoms with Crippen molar-refractivity contribution in [2.24, 2.45) is 0 Å². The van der Waals surface area contributed by atoms with Gasteiger partial charge < -0.3 is 5.32 Å². The van der Waals surface area contributed by atoms with E-state index in [1.807, 2.05) is 0 Å². The largest absolute Gasteiger partial charge is 0.316 e. The Morgan fingerprint density at radius 2 is 2.43 bits per heavy atom. The Bertz CT molecular complexity index is 414. The second-order valence-corrected chi connectivity index (χ2v) is 4.11. The van der Waals surface area contributed by atoms with Crippen LogP contribution in [0.2, 0.25) is 0 Å². The lowest BCUT2D eigenvalue weighted by Gasteiger charge is -1.96. The minimum atomic E-state index is -0.160. The number of nitrogens with one attached hydrogen (secondary N) is 1. The molecule has 0 atom stereocenters. The van der Waals surface area contributed by atoms with Crippen molar-refractivity contribution >= 4 is 22.4 Å². The van der Waals surface area contributed by atoms with E-state index in [0.717, 1.165) is 18.5 Å². The molecule has 0 bridgehead atoms. The zero-order valence-electron chi connectivity index (χ0n) is 7.70. The number of carbonyl (C=O) groups excluding carboxylic acids is 1. The Hall–Kier alpha value is -1.41. The number of anilines is 1. The average molecular weight is 207 g/mol. The van der Waals surface area contributed by atoms with E-state index in [-0.39, 0.29) is 5.91 Å². The zero-order valence-corrected chi connectivity index (χ0v) is 8.52. The molecule has 1 aliphatic carbocycles. The van der Waals surface area contributed by atoms with E-state index in [0.29, 0.717) is 16.5 Å². The predicted molar refractivity (Wildman–Crippen MR) is 53.1 cm³/mol. The summed E-state index contributed by atoms with van der Waals surface area (Å²) in [7, 11) is 0. The maximum absolute atomic E-state index is 10.8. The van der Waals surface area contributed by atoms with Crippen molar-refractivity contribution < 1.29 is 4.79 Å². The van der Waals surface area contributed by atoms with Crippen LogP contribution < -0.4 is 5.32 Å². The monoisotopic (exact) mass is 207 g/mol. The summed E-state index contributed by atoms with van der Waals surface area (Å²) in [6, 6.07) is 2.10. The van der Waals surface area contributed by atoms with E-state index in [1.54, 1.807) is 0 Å². The number of nitrogens with zero attached hydrogens (tertiary/aromatic N) is 2. The topological polar surface area (TPSA) is 65.8 Å². The summed E-state index contributed by atoms with van der Waals surface area (Å²) in [5.74, 6) is 0.288. The number of carbonyl (C=O) groups is 1. The molecule has 0 aromatic carbocycles. The summed E-state index contributed by atoms with van der Waals surface area (Å²) in [5, 5.41) is 12.2. The van der Waals surface area contributed by atoms with Crippen molar-refractivity contribution in [3.63, 3.8) is 0 Å². The lowest BCUT2D eigenvalue weighted by Crippen LogP contribution is -2.05. The number of rotatable bonds is 2. The first kappa shape index (κ1) is 9.16. The highest BCUT2D eigenvalue weighted by Gasteiger charge is 2.30. The highest BCUT2D eigenvalue weighted by Crippen LogP contribution is 2.43. The number of hydrogen-bond donors (Lipinski definition) is 1. The van der Waals surface area contributed by atoms with Crippen LogP contribution in [0.25, 0.3) is 0 Å². The molecule has 2 rings (SSSR count). The molecular weight excluding hydrogens is 198 g/mol. The van der Waals surface area contributed by atoms with Crippen molar-refractivity contribution in [1.82, 2.24) is 4.37 Å². The number of nitriles is 1. The summed E-state index contributed by atoms with van der Waals surface area (Å²) in [6.07, 6.45) is 2.22. The fourth-order valence-corrected chi connectivity index (χ4v) is 2.15. The van der Waals surface area contributed by atoms with Crippen molar-refractivity contribution in [3.05, 3.63) is 11.3 Å². The first-order valence-electron chi connectivity index (χ1n) is 4.39. The number of hydrogen-bond acceptors (Lipinski definition) is 4. The SMILES string of the molecule is CC(=O)Nc1snc(C2CC2)c1C#N. The van der Waals surface area contributed by atoms with Crippen LogP contribution in [0.5, 0.6) is 0 Å². The van der Waals surface area contributed by atoms with Gasteiger partial charge in [-0.15, -0.1) is 0 Å². The lowest BCUT2D eigenvalue weighted by atomic mass is 10.2. The van der Waals surface area contributed by atoms with Gasteiger partial charge in [0.15, 0.2) is 0 Å². The van der Waals surface area contributed by atoms with Crippen LogP contribution in [0, 0.1) is 11.3 Å². The van der Waals surface area contributed by atoms with Gasteiger partial charge in [-0.25, -0.2) is 0 Å². The first-order valence-corrected chi connectivity index (χ1v) is 5.17. The lowest BCUT2D eigenvalue weighted by molar-refractivity contribution is -0.114. The predicted octanol–water partition coefficient (Wildman–Crippen LogP) is 1.85. The molecule has 72 valence electrons. The molecule has 1 N–H and O–H groups in total. The van der Waals surface area contributed by atoms with E-state index in [2.05, 4.69) is 15.8 Å². The number of aromatic nitrogens is 1. The molecule has 5 heteroatoms. The normalized spacial score (nSPS) is 14.9. The van der Waals surface area contributed by atoms with Gasteiger partial charge in [-0.1, -0.05) is 0 Å².